The Morgan fingerprint density at radius 2 is 1.95 bits per heavy atom. The number of nitrogens with two attached hydrogens (primary N) is 1. The number of hydrogen-bond donors (Lipinski definition) is 2. The molecule has 2 aromatic rings. The number of aromatic nitrogens is 2. The van der Waals surface area contributed by atoms with E-state index < -0.39 is 12.0 Å². The van der Waals surface area contributed by atoms with Crippen molar-refractivity contribution < 1.29 is 17.9 Å². The van der Waals surface area contributed by atoms with Gasteiger partial charge in [-0.1, -0.05) is 22.0 Å². The molecule has 0 aliphatic rings. The molecule has 0 saturated carbocycles. The van der Waals surface area contributed by atoms with Gasteiger partial charge in [-0.2, -0.15) is 18.2 Å². The maximum Gasteiger partial charge on any atom is 0.451 e. The molecule has 0 radical (unpaired) electrons. The van der Waals surface area contributed by atoms with Gasteiger partial charge in [0.25, 0.3) is 0 Å². The Kier molecular flexibility index (Phi) is 4.09. The number of nitrogens with one attached hydrogen (secondary N) is 1. The second-order valence-corrected chi connectivity index (χ2v) is 4.53. The van der Waals surface area contributed by atoms with Gasteiger partial charge in [0.15, 0.2) is 0 Å². The summed E-state index contributed by atoms with van der Waals surface area (Å²) in [4.78, 5) is 6.53. The summed E-state index contributed by atoms with van der Waals surface area (Å²) in [6.45, 7) is 0. The number of halogens is 4. The molecular formula is C11H8BrF3N4O. The zero-order chi connectivity index (χ0) is 14.8. The molecule has 0 unspecified atom stereocenters. The minimum atomic E-state index is -4.69. The summed E-state index contributed by atoms with van der Waals surface area (Å²) < 4.78 is 43.9. The SMILES string of the molecule is NNc1cc(Oc2cccc(Br)c2)nc(C(F)(F)F)n1. The molecule has 20 heavy (non-hydrogen) atoms. The Morgan fingerprint density at radius 1 is 1.20 bits per heavy atom. The fourth-order valence-corrected chi connectivity index (χ4v) is 1.71. The first kappa shape index (κ1) is 14.5. The minimum Gasteiger partial charge on any atom is -0.439 e. The predicted octanol–water partition coefficient (Wildman–Crippen LogP) is 3.34. The lowest BCUT2D eigenvalue weighted by molar-refractivity contribution is -0.145. The number of ether oxygens (including phenoxy) is 1. The summed E-state index contributed by atoms with van der Waals surface area (Å²) in [5.74, 6) is 3.61. The Hall–Kier alpha value is -1.87. The van der Waals surface area contributed by atoms with Gasteiger partial charge in [-0.15, -0.1) is 0 Å². The van der Waals surface area contributed by atoms with Crippen LogP contribution >= 0.6 is 15.9 Å². The van der Waals surface area contributed by atoms with Gasteiger partial charge >= 0.3 is 6.18 Å². The lowest BCUT2D eigenvalue weighted by Gasteiger charge is -2.10. The van der Waals surface area contributed by atoms with Crippen LogP contribution in [-0.4, -0.2) is 9.97 Å². The van der Waals surface area contributed by atoms with Crippen LogP contribution in [0.15, 0.2) is 34.8 Å². The fourth-order valence-electron chi connectivity index (χ4n) is 1.33. The third-order valence-electron chi connectivity index (χ3n) is 2.12. The van der Waals surface area contributed by atoms with E-state index in [0.29, 0.717) is 5.75 Å². The van der Waals surface area contributed by atoms with Gasteiger partial charge in [-0.05, 0) is 18.2 Å². The van der Waals surface area contributed by atoms with E-state index in [1.54, 1.807) is 24.3 Å². The van der Waals surface area contributed by atoms with Gasteiger partial charge in [0.05, 0.1) is 0 Å². The molecular weight excluding hydrogens is 341 g/mol. The highest BCUT2D eigenvalue weighted by Gasteiger charge is 2.35. The molecule has 0 spiro atoms. The van der Waals surface area contributed by atoms with E-state index in [0.717, 1.165) is 10.5 Å². The summed E-state index contributed by atoms with van der Waals surface area (Å²) >= 11 is 3.22. The van der Waals surface area contributed by atoms with Crippen LogP contribution in [0.3, 0.4) is 0 Å². The number of nitrogen functional groups attached to an aromatic ring is 1. The van der Waals surface area contributed by atoms with E-state index in [-0.39, 0.29) is 11.7 Å². The van der Waals surface area contributed by atoms with Crippen LogP contribution in [0.1, 0.15) is 5.82 Å². The van der Waals surface area contributed by atoms with Crippen LogP contribution in [0.4, 0.5) is 19.0 Å². The molecule has 5 nitrogen and oxygen atoms in total. The molecule has 1 aromatic carbocycles. The number of rotatable bonds is 3. The number of alkyl halides is 3. The summed E-state index contributed by atoms with van der Waals surface area (Å²) in [7, 11) is 0. The van der Waals surface area contributed by atoms with Crippen LogP contribution < -0.4 is 16.0 Å². The molecule has 0 aliphatic heterocycles. The molecule has 9 heteroatoms. The van der Waals surface area contributed by atoms with Crippen molar-refractivity contribution in [1.82, 2.24) is 9.97 Å². The Morgan fingerprint density at radius 3 is 2.55 bits per heavy atom. The fraction of sp³-hybridized carbons (Fsp3) is 0.0909. The van der Waals surface area contributed by atoms with Gasteiger partial charge < -0.3 is 10.2 Å². The standard InChI is InChI=1S/C11H8BrF3N4O/c12-6-2-1-3-7(4-6)20-9-5-8(19-16)17-10(18-9)11(13,14)15/h1-5H,16H2,(H,17,18,19). The Labute approximate surface area is 120 Å². The van der Waals surface area contributed by atoms with Crippen LogP contribution in [0.25, 0.3) is 0 Å². The Bertz CT molecular complexity index is 621. The molecule has 0 atom stereocenters. The van der Waals surface area contributed by atoms with Crippen LogP contribution in [0.5, 0.6) is 11.6 Å². The van der Waals surface area contributed by atoms with Gasteiger partial charge in [0, 0.05) is 10.5 Å². The number of hydrogen-bond acceptors (Lipinski definition) is 5. The number of anilines is 1. The first-order valence-electron chi connectivity index (χ1n) is 5.25. The second-order valence-electron chi connectivity index (χ2n) is 3.62. The van der Waals surface area contributed by atoms with Crippen LogP contribution in [0.2, 0.25) is 0 Å². The monoisotopic (exact) mass is 348 g/mol. The lowest BCUT2D eigenvalue weighted by Crippen LogP contribution is -2.16. The third-order valence-corrected chi connectivity index (χ3v) is 2.62. The molecule has 0 amide bonds. The first-order valence-corrected chi connectivity index (χ1v) is 6.04. The van der Waals surface area contributed by atoms with E-state index in [1.807, 2.05) is 5.43 Å². The molecule has 1 aromatic heterocycles. The first-order chi connectivity index (χ1) is 9.38. The summed E-state index contributed by atoms with van der Waals surface area (Å²) in [6, 6.07) is 7.75. The summed E-state index contributed by atoms with van der Waals surface area (Å²) in [5.41, 5.74) is 2.04. The highest BCUT2D eigenvalue weighted by atomic mass is 79.9. The zero-order valence-corrected chi connectivity index (χ0v) is 11.4. The number of nitrogens with zero attached hydrogens (tertiary/aromatic N) is 2. The largest absolute Gasteiger partial charge is 0.451 e. The molecule has 106 valence electrons. The van der Waals surface area contributed by atoms with Crippen molar-refractivity contribution in [2.45, 2.75) is 6.18 Å². The van der Waals surface area contributed by atoms with Crippen molar-refractivity contribution >= 4 is 21.7 Å². The minimum absolute atomic E-state index is 0.197. The smallest absolute Gasteiger partial charge is 0.439 e. The molecule has 3 N–H and O–H groups in total. The van der Waals surface area contributed by atoms with Crippen molar-refractivity contribution in [3.63, 3.8) is 0 Å². The lowest BCUT2D eigenvalue weighted by atomic mass is 10.3. The zero-order valence-electron chi connectivity index (χ0n) is 9.78. The Balaban J connectivity index is 2.36. The maximum atomic E-state index is 12.6. The third kappa shape index (κ3) is 3.58. The van der Waals surface area contributed by atoms with E-state index >= 15 is 0 Å². The molecule has 1 heterocycles. The highest BCUT2D eigenvalue weighted by molar-refractivity contribution is 9.10. The summed E-state index contributed by atoms with van der Waals surface area (Å²) in [5, 5.41) is 0. The molecule has 0 saturated heterocycles. The van der Waals surface area contributed by atoms with Crippen molar-refractivity contribution in [2.24, 2.45) is 5.84 Å². The number of benzene rings is 1. The highest BCUT2D eigenvalue weighted by Crippen LogP contribution is 2.30. The maximum absolute atomic E-state index is 12.6. The number of hydrazine groups is 1. The molecule has 0 aliphatic carbocycles. The van der Waals surface area contributed by atoms with Crippen molar-refractivity contribution in [1.29, 1.82) is 0 Å². The van der Waals surface area contributed by atoms with Crippen LogP contribution in [-0.2, 0) is 6.18 Å². The van der Waals surface area contributed by atoms with E-state index in [4.69, 9.17) is 10.6 Å². The van der Waals surface area contributed by atoms with Gasteiger partial charge in [-0.25, -0.2) is 10.8 Å². The topological polar surface area (TPSA) is 73.1 Å². The van der Waals surface area contributed by atoms with Crippen molar-refractivity contribution in [3.8, 4) is 11.6 Å². The second kappa shape index (κ2) is 5.63. The van der Waals surface area contributed by atoms with E-state index in [1.165, 1.54) is 0 Å². The van der Waals surface area contributed by atoms with E-state index in [9.17, 15) is 13.2 Å². The van der Waals surface area contributed by atoms with Gasteiger partial charge in [-0.3, -0.25) is 0 Å². The molecule has 0 fully saturated rings. The normalized spacial score (nSPS) is 11.2. The van der Waals surface area contributed by atoms with Crippen molar-refractivity contribution in [2.75, 3.05) is 5.43 Å². The predicted molar refractivity (Wildman–Crippen MR) is 69.1 cm³/mol. The van der Waals surface area contributed by atoms with E-state index in [2.05, 4.69) is 25.9 Å². The summed E-state index contributed by atoms with van der Waals surface area (Å²) in [6.07, 6.45) is -4.69. The quantitative estimate of drug-likeness (QED) is 0.657. The molecule has 2 rings (SSSR count). The average molecular weight is 349 g/mol. The van der Waals surface area contributed by atoms with Gasteiger partial charge in [0.2, 0.25) is 11.7 Å². The van der Waals surface area contributed by atoms with Crippen LogP contribution in [0, 0.1) is 0 Å². The van der Waals surface area contributed by atoms with Crippen molar-refractivity contribution in [3.05, 3.63) is 40.6 Å². The average Bonchev–Trinajstić information content (AvgIpc) is 2.37. The van der Waals surface area contributed by atoms with Gasteiger partial charge in [0.1, 0.15) is 11.6 Å². The molecule has 0 bridgehead atoms.